The molecular formula is C11H16N4O4. The second-order valence-electron chi connectivity index (χ2n) is 4.68. The third-order valence-electron chi connectivity index (χ3n) is 3.42. The van der Waals surface area contributed by atoms with Crippen molar-refractivity contribution in [2.45, 2.75) is 32.2 Å². The number of amides is 2. The van der Waals surface area contributed by atoms with Crippen molar-refractivity contribution in [1.29, 1.82) is 0 Å². The summed E-state index contributed by atoms with van der Waals surface area (Å²) in [6, 6.07) is -0.433. The largest absolute Gasteiger partial charge is 0.481 e. The number of carboxylic acid groups (broad SMARTS) is 1. The highest BCUT2D eigenvalue weighted by Crippen LogP contribution is 2.37. The van der Waals surface area contributed by atoms with E-state index in [9.17, 15) is 14.7 Å². The van der Waals surface area contributed by atoms with Crippen LogP contribution in [0.25, 0.3) is 0 Å². The second kappa shape index (κ2) is 5.68. The number of hydrogen-bond donors (Lipinski definition) is 3. The molecule has 0 unspecified atom stereocenters. The second-order valence-corrected chi connectivity index (χ2v) is 4.68. The number of hydrogen-bond acceptors (Lipinski definition) is 5. The minimum Gasteiger partial charge on any atom is -0.481 e. The van der Waals surface area contributed by atoms with Gasteiger partial charge in [-0.25, -0.2) is 4.79 Å². The van der Waals surface area contributed by atoms with E-state index in [1.165, 1.54) is 6.39 Å². The fourth-order valence-electron chi connectivity index (χ4n) is 2.26. The monoisotopic (exact) mass is 268 g/mol. The predicted octanol–water partition coefficient (Wildman–Crippen LogP) is 0.514. The van der Waals surface area contributed by atoms with Gasteiger partial charge in [-0.15, -0.1) is 0 Å². The third kappa shape index (κ3) is 3.21. The Bertz CT molecular complexity index is 440. The zero-order valence-electron chi connectivity index (χ0n) is 10.4. The fraction of sp³-hybridized carbons (Fsp3) is 0.636. The molecule has 19 heavy (non-hydrogen) atoms. The highest BCUT2D eigenvalue weighted by molar-refractivity contribution is 5.78. The molecule has 0 saturated heterocycles. The molecule has 104 valence electrons. The van der Waals surface area contributed by atoms with Gasteiger partial charge in [-0.05, 0) is 12.8 Å². The van der Waals surface area contributed by atoms with Gasteiger partial charge in [0.2, 0.25) is 6.39 Å². The Kier molecular flexibility index (Phi) is 3.98. The van der Waals surface area contributed by atoms with Crippen LogP contribution in [0.5, 0.6) is 0 Å². The number of nitrogens with zero attached hydrogens (tertiary/aromatic N) is 2. The lowest BCUT2D eigenvalue weighted by atomic mass is 9.86. The number of carbonyl (C=O) groups excluding carboxylic acids is 1. The maximum absolute atomic E-state index is 11.6. The van der Waals surface area contributed by atoms with E-state index in [1.54, 1.807) is 0 Å². The fourth-order valence-corrected chi connectivity index (χ4v) is 2.26. The quantitative estimate of drug-likeness (QED) is 0.716. The minimum atomic E-state index is -0.844. The highest BCUT2D eigenvalue weighted by Gasteiger charge is 2.41. The van der Waals surface area contributed by atoms with Crippen LogP contribution < -0.4 is 10.6 Å². The van der Waals surface area contributed by atoms with E-state index < -0.39 is 17.4 Å². The molecule has 1 aliphatic carbocycles. The van der Waals surface area contributed by atoms with Gasteiger partial charge in [0.05, 0.1) is 12.0 Å². The molecule has 1 fully saturated rings. The number of aromatic nitrogens is 2. The van der Waals surface area contributed by atoms with E-state index >= 15 is 0 Å². The topological polar surface area (TPSA) is 117 Å². The van der Waals surface area contributed by atoms with Crippen LogP contribution in [-0.4, -0.2) is 33.8 Å². The van der Waals surface area contributed by atoms with E-state index in [2.05, 4.69) is 25.3 Å². The number of carbonyl (C=O) groups is 2. The number of carboxylic acids is 1. The smallest absolute Gasteiger partial charge is 0.315 e. The van der Waals surface area contributed by atoms with E-state index in [1.807, 2.05) is 0 Å². The SMILES string of the molecule is O=C(NCc1ncon1)NCC1(C(=O)O)CCCC1. The van der Waals surface area contributed by atoms with Crippen molar-refractivity contribution in [3.63, 3.8) is 0 Å². The molecule has 1 aromatic rings. The van der Waals surface area contributed by atoms with Crippen LogP contribution >= 0.6 is 0 Å². The summed E-state index contributed by atoms with van der Waals surface area (Å²) in [5, 5.41) is 17.9. The first-order chi connectivity index (χ1) is 9.12. The molecule has 8 heteroatoms. The van der Waals surface area contributed by atoms with Gasteiger partial charge in [0.25, 0.3) is 0 Å². The van der Waals surface area contributed by atoms with Gasteiger partial charge >= 0.3 is 12.0 Å². The number of aliphatic carboxylic acids is 1. The Morgan fingerprint density at radius 2 is 2.11 bits per heavy atom. The average Bonchev–Trinajstić information content (AvgIpc) is 3.05. The molecule has 8 nitrogen and oxygen atoms in total. The molecule has 1 aromatic heterocycles. The molecule has 0 bridgehead atoms. The van der Waals surface area contributed by atoms with Crippen molar-refractivity contribution in [1.82, 2.24) is 20.8 Å². The molecule has 1 saturated carbocycles. The molecule has 0 radical (unpaired) electrons. The first kappa shape index (κ1) is 13.3. The number of rotatable bonds is 5. The molecule has 3 N–H and O–H groups in total. The van der Waals surface area contributed by atoms with Crippen LogP contribution in [0.3, 0.4) is 0 Å². The summed E-state index contributed by atoms with van der Waals surface area (Å²) in [7, 11) is 0. The molecule has 2 rings (SSSR count). The lowest BCUT2D eigenvalue weighted by Gasteiger charge is -2.23. The van der Waals surface area contributed by atoms with Crippen LogP contribution in [0.4, 0.5) is 4.79 Å². The lowest BCUT2D eigenvalue weighted by molar-refractivity contribution is -0.148. The summed E-state index contributed by atoms with van der Waals surface area (Å²) in [6.07, 6.45) is 4.16. The molecule has 1 heterocycles. The summed E-state index contributed by atoms with van der Waals surface area (Å²) in [4.78, 5) is 26.6. The van der Waals surface area contributed by atoms with Crippen LogP contribution in [0.15, 0.2) is 10.9 Å². The summed E-state index contributed by atoms with van der Waals surface area (Å²) >= 11 is 0. The summed E-state index contributed by atoms with van der Waals surface area (Å²) in [5.74, 6) is -0.479. The summed E-state index contributed by atoms with van der Waals surface area (Å²) in [5.41, 5.74) is -0.816. The highest BCUT2D eigenvalue weighted by atomic mass is 16.5. The summed E-state index contributed by atoms with van der Waals surface area (Å²) < 4.78 is 4.52. The van der Waals surface area contributed by atoms with Crippen molar-refractivity contribution in [3.8, 4) is 0 Å². The van der Waals surface area contributed by atoms with Gasteiger partial charge in [0.1, 0.15) is 0 Å². The molecule has 1 aliphatic rings. The van der Waals surface area contributed by atoms with Crippen LogP contribution in [-0.2, 0) is 11.3 Å². The maximum atomic E-state index is 11.6. The van der Waals surface area contributed by atoms with Gasteiger partial charge < -0.3 is 20.3 Å². The van der Waals surface area contributed by atoms with Gasteiger partial charge in [-0.2, -0.15) is 4.98 Å². The van der Waals surface area contributed by atoms with Crippen LogP contribution in [0.2, 0.25) is 0 Å². The standard InChI is InChI=1S/C11H16N4O4/c16-9(17)11(3-1-2-4-11)6-13-10(18)12-5-8-14-7-19-15-8/h7H,1-6H2,(H,16,17)(H2,12,13,18). The van der Waals surface area contributed by atoms with Gasteiger partial charge in [0, 0.05) is 6.54 Å². The lowest BCUT2D eigenvalue weighted by Crippen LogP contribution is -2.44. The zero-order chi connectivity index (χ0) is 13.7. The van der Waals surface area contributed by atoms with Crippen molar-refractivity contribution < 1.29 is 19.2 Å². The molecule has 0 aliphatic heterocycles. The van der Waals surface area contributed by atoms with Crippen molar-refractivity contribution in [2.75, 3.05) is 6.54 Å². The van der Waals surface area contributed by atoms with Crippen LogP contribution in [0.1, 0.15) is 31.5 Å². The predicted molar refractivity (Wildman–Crippen MR) is 63.1 cm³/mol. The Morgan fingerprint density at radius 1 is 1.37 bits per heavy atom. The Labute approximate surface area is 109 Å². The Hall–Kier alpha value is -2.12. The van der Waals surface area contributed by atoms with E-state index in [4.69, 9.17) is 0 Å². The molecule has 0 spiro atoms. The van der Waals surface area contributed by atoms with Gasteiger partial charge in [0.15, 0.2) is 5.82 Å². The molecule has 2 amide bonds. The van der Waals surface area contributed by atoms with Crippen molar-refractivity contribution >= 4 is 12.0 Å². The van der Waals surface area contributed by atoms with Crippen LogP contribution in [0, 0.1) is 5.41 Å². The Morgan fingerprint density at radius 3 is 2.68 bits per heavy atom. The number of urea groups is 1. The van der Waals surface area contributed by atoms with E-state index in [0.717, 1.165) is 12.8 Å². The van der Waals surface area contributed by atoms with E-state index in [0.29, 0.717) is 18.7 Å². The zero-order valence-corrected chi connectivity index (χ0v) is 10.4. The van der Waals surface area contributed by atoms with Crippen molar-refractivity contribution in [3.05, 3.63) is 12.2 Å². The van der Waals surface area contributed by atoms with Crippen molar-refractivity contribution in [2.24, 2.45) is 5.41 Å². The third-order valence-corrected chi connectivity index (χ3v) is 3.42. The number of nitrogens with one attached hydrogen (secondary N) is 2. The molecule has 0 aromatic carbocycles. The van der Waals surface area contributed by atoms with Gasteiger partial charge in [-0.1, -0.05) is 18.0 Å². The first-order valence-electron chi connectivity index (χ1n) is 6.13. The Balaban J connectivity index is 1.77. The van der Waals surface area contributed by atoms with E-state index in [-0.39, 0.29) is 13.1 Å². The van der Waals surface area contributed by atoms with Gasteiger partial charge in [-0.3, -0.25) is 4.79 Å². The normalized spacial score (nSPS) is 17.1. The maximum Gasteiger partial charge on any atom is 0.315 e. The first-order valence-corrected chi connectivity index (χ1v) is 6.13. The summed E-state index contributed by atoms with van der Waals surface area (Å²) in [6.45, 7) is 0.281. The molecule has 0 atom stereocenters. The average molecular weight is 268 g/mol. The minimum absolute atomic E-state index is 0.139. The molecular weight excluding hydrogens is 252 g/mol.